The maximum Gasteiger partial charge on any atom is 0.262 e. The number of hydrogen-bond acceptors (Lipinski definition) is 4. The summed E-state index contributed by atoms with van der Waals surface area (Å²) >= 11 is 0. The molecule has 0 atom stereocenters. The van der Waals surface area contributed by atoms with Crippen LogP contribution in [0.4, 0.5) is 5.69 Å². The van der Waals surface area contributed by atoms with Gasteiger partial charge in [-0.1, -0.05) is 38.1 Å². The summed E-state index contributed by atoms with van der Waals surface area (Å²) in [7, 11) is -3.62. The monoisotopic (exact) mass is 320 g/mol. The minimum atomic E-state index is -3.62. The lowest BCUT2D eigenvalue weighted by Crippen LogP contribution is -2.15. The third-order valence-corrected chi connectivity index (χ3v) is 5.20. The van der Waals surface area contributed by atoms with E-state index in [1.807, 2.05) is 12.1 Å². The lowest BCUT2D eigenvalue weighted by molar-refractivity contribution is 0.385. The molecule has 0 bridgehead atoms. The zero-order valence-electron chi connectivity index (χ0n) is 13.0. The summed E-state index contributed by atoms with van der Waals surface area (Å²) in [5.74, 6) is 0.929. The second-order valence-electron chi connectivity index (χ2n) is 6.76. The van der Waals surface area contributed by atoms with Gasteiger partial charge in [-0.2, -0.15) is 0 Å². The highest BCUT2D eigenvalue weighted by atomic mass is 32.2. The van der Waals surface area contributed by atoms with Crippen molar-refractivity contribution in [1.29, 1.82) is 0 Å². The number of sulfonamides is 1. The topological polar surface area (TPSA) is 72.2 Å². The van der Waals surface area contributed by atoms with E-state index in [0.717, 1.165) is 18.4 Å². The van der Waals surface area contributed by atoms with E-state index in [2.05, 4.69) is 30.6 Å². The third-order valence-electron chi connectivity index (χ3n) is 3.82. The molecule has 118 valence electrons. The van der Waals surface area contributed by atoms with Crippen LogP contribution in [0.25, 0.3) is 0 Å². The van der Waals surface area contributed by atoms with Crippen molar-refractivity contribution in [2.75, 3.05) is 4.72 Å². The molecular formula is C16H20N2O3S. The van der Waals surface area contributed by atoms with E-state index in [1.54, 1.807) is 12.1 Å². The first kappa shape index (κ1) is 15.1. The van der Waals surface area contributed by atoms with Crippen LogP contribution in [0.2, 0.25) is 0 Å². The van der Waals surface area contributed by atoms with Crippen molar-refractivity contribution < 1.29 is 12.9 Å². The Morgan fingerprint density at radius 1 is 1.18 bits per heavy atom. The largest absolute Gasteiger partial charge is 0.359 e. The van der Waals surface area contributed by atoms with Gasteiger partial charge in [0.05, 0.1) is 11.1 Å². The van der Waals surface area contributed by atoms with Crippen molar-refractivity contribution in [2.24, 2.45) is 0 Å². The van der Waals surface area contributed by atoms with Crippen molar-refractivity contribution in [2.45, 2.75) is 49.8 Å². The number of anilines is 1. The summed E-state index contributed by atoms with van der Waals surface area (Å²) in [5.41, 5.74) is 1.53. The zero-order chi connectivity index (χ0) is 16.0. The molecule has 1 fully saturated rings. The predicted octanol–water partition coefficient (Wildman–Crippen LogP) is 3.65. The molecule has 0 spiro atoms. The molecule has 0 amide bonds. The Kier molecular flexibility index (Phi) is 3.51. The van der Waals surface area contributed by atoms with Gasteiger partial charge in [-0.3, -0.25) is 4.72 Å². The fourth-order valence-electron chi connectivity index (χ4n) is 2.30. The number of rotatable bonds is 4. The van der Waals surface area contributed by atoms with Crippen LogP contribution in [0, 0.1) is 0 Å². The highest BCUT2D eigenvalue weighted by molar-refractivity contribution is 7.92. The van der Waals surface area contributed by atoms with Gasteiger partial charge in [-0.15, -0.1) is 0 Å². The first-order valence-electron chi connectivity index (χ1n) is 7.35. The maximum absolute atomic E-state index is 12.5. The van der Waals surface area contributed by atoms with Crippen LogP contribution in [-0.4, -0.2) is 13.6 Å². The van der Waals surface area contributed by atoms with Crippen LogP contribution < -0.4 is 4.72 Å². The van der Waals surface area contributed by atoms with Crippen LogP contribution in [0.1, 0.15) is 50.9 Å². The lowest BCUT2D eigenvalue weighted by atomic mass is 9.87. The number of benzene rings is 1. The molecule has 0 unspecified atom stereocenters. The van der Waals surface area contributed by atoms with Gasteiger partial charge < -0.3 is 4.52 Å². The molecule has 1 heterocycles. The molecule has 3 rings (SSSR count). The molecule has 5 nitrogen and oxygen atoms in total. The third kappa shape index (κ3) is 3.02. The van der Waals surface area contributed by atoms with Gasteiger partial charge in [0.15, 0.2) is 5.76 Å². The molecular weight excluding hydrogens is 300 g/mol. The van der Waals surface area contributed by atoms with E-state index >= 15 is 0 Å². The molecule has 22 heavy (non-hydrogen) atoms. The SMILES string of the molecule is CC(C)(C)c1ccc(S(=O)(=O)Nc2cnoc2C2CC2)cc1. The van der Waals surface area contributed by atoms with Crippen molar-refractivity contribution in [1.82, 2.24) is 5.16 Å². The number of aromatic nitrogens is 1. The number of nitrogens with one attached hydrogen (secondary N) is 1. The van der Waals surface area contributed by atoms with E-state index in [1.165, 1.54) is 6.20 Å². The Morgan fingerprint density at radius 2 is 1.82 bits per heavy atom. The normalized spacial score (nSPS) is 15.8. The summed E-state index contributed by atoms with van der Waals surface area (Å²) in [6.07, 6.45) is 3.46. The van der Waals surface area contributed by atoms with Crippen LogP contribution in [0.5, 0.6) is 0 Å². The smallest absolute Gasteiger partial charge is 0.262 e. The Balaban J connectivity index is 1.85. The van der Waals surface area contributed by atoms with Gasteiger partial charge >= 0.3 is 0 Å². The molecule has 0 radical (unpaired) electrons. The maximum atomic E-state index is 12.5. The second-order valence-corrected chi connectivity index (χ2v) is 8.44. The Labute approximate surface area is 130 Å². The molecule has 2 aromatic rings. The lowest BCUT2D eigenvalue weighted by Gasteiger charge is -2.19. The average Bonchev–Trinajstić information content (AvgIpc) is 3.19. The van der Waals surface area contributed by atoms with Gasteiger partial charge in [0, 0.05) is 5.92 Å². The molecule has 6 heteroatoms. The minimum absolute atomic E-state index is 0.0106. The van der Waals surface area contributed by atoms with E-state index in [-0.39, 0.29) is 10.3 Å². The Morgan fingerprint density at radius 3 is 2.36 bits per heavy atom. The Hall–Kier alpha value is -1.82. The van der Waals surface area contributed by atoms with Crippen LogP contribution in [0.15, 0.2) is 39.9 Å². The zero-order valence-corrected chi connectivity index (χ0v) is 13.8. The summed E-state index contributed by atoms with van der Waals surface area (Å²) in [6.45, 7) is 6.27. The first-order chi connectivity index (χ1) is 10.3. The van der Waals surface area contributed by atoms with Gasteiger partial charge in [-0.25, -0.2) is 8.42 Å². The molecule has 0 aliphatic heterocycles. The Bertz CT molecular complexity index is 766. The van der Waals surface area contributed by atoms with Gasteiger partial charge in [-0.05, 0) is 36.0 Å². The molecule has 1 saturated carbocycles. The molecule has 1 aliphatic rings. The van der Waals surface area contributed by atoms with Crippen LogP contribution in [0.3, 0.4) is 0 Å². The minimum Gasteiger partial charge on any atom is -0.359 e. The summed E-state index contributed by atoms with van der Waals surface area (Å²) in [4.78, 5) is 0.239. The van der Waals surface area contributed by atoms with Crippen LogP contribution in [-0.2, 0) is 15.4 Å². The predicted molar refractivity (Wildman–Crippen MR) is 84.4 cm³/mol. The highest BCUT2D eigenvalue weighted by Gasteiger charge is 2.31. The standard InChI is InChI=1S/C16H20N2O3S/c1-16(2,3)12-6-8-13(9-7-12)22(19,20)18-14-10-17-21-15(14)11-4-5-11/h6-11,18H,4-5H2,1-3H3. The highest BCUT2D eigenvalue weighted by Crippen LogP contribution is 2.43. The molecule has 1 aromatic carbocycles. The van der Waals surface area contributed by atoms with Gasteiger partial charge in [0.2, 0.25) is 0 Å². The number of nitrogens with zero attached hydrogens (tertiary/aromatic N) is 1. The van der Waals surface area contributed by atoms with Gasteiger partial charge in [0.1, 0.15) is 5.69 Å². The molecule has 1 aliphatic carbocycles. The summed E-state index contributed by atoms with van der Waals surface area (Å²) in [6, 6.07) is 6.97. The van der Waals surface area contributed by atoms with Crippen molar-refractivity contribution >= 4 is 15.7 Å². The molecule has 1 aromatic heterocycles. The van der Waals surface area contributed by atoms with E-state index < -0.39 is 10.0 Å². The van der Waals surface area contributed by atoms with E-state index in [4.69, 9.17) is 4.52 Å². The van der Waals surface area contributed by atoms with Crippen molar-refractivity contribution in [3.63, 3.8) is 0 Å². The van der Waals surface area contributed by atoms with Crippen molar-refractivity contribution in [3.05, 3.63) is 41.8 Å². The fraction of sp³-hybridized carbons (Fsp3) is 0.438. The molecule has 1 N–H and O–H groups in total. The fourth-order valence-corrected chi connectivity index (χ4v) is 3.36. The van der Waals surface area contributed by atoms with Gasteiger partial charge in [0.25, 0.3) is 10.0 Å². The second kappa shape index (κ2) is 5.12. The van der Waals surface area contributed by atoms with E-state index in [9.17, 15) is 8.42 Å². The van der Waals surface area contributed by atoms with E-state index in [0.29, 0.717) is 17.4 Å². The summed E-state index contributed by atoms with van der Waals surface area (Å²) < 4.78 is 32.7. The molecule has 0 saturated heterocycles. The number of hydrogen-bond donors (Lipinski definition) is 1. The first-order valence-corrected chi connectivity index (χ1v) is 8.83. The quantitative estimate of drug-likeness (QED) is 0.933. The van der Waals surface area contributed by atoms with Crippen LogP contribution >= 0.6 is 0 Å². The summed E-state index contributed by atoms with van der Waals surface area (Å²) in [5, 5.41) is 3.71. The average molecular weight is 320 g/mol. The van der Waals surface area contributed by atoms with Crippen molar-refractivity contribution in [3.8, 4) is 0 Å².